The Morgan fingerprint density at radius 3 is 2.45 bits per heavy atom. The van der Waals surface area contributed by atoms with Gasteiger partial charge in [0.25, 0.3) is 0 Å². The highest BCUT2D eigenvalue weighted by Gasteiger charge is 2.43. The molecule has 2 saturated carbocycles. The van der Waals surface area contributed by atoms with Crippen molar-refractivity contribution in [2.45, 2.75) is 70.3 Å². The first-order valence-electron chi connectivity index (χ1n) is 7.99. The third-order valence-electron chi connectivity index (χ3n) is 4.87. The minimum Gasteiger partial charge on any atom is -0.382 e. The lowest BCUT2D eigenvalue weighted by molar-refractivity contribution is -0.178. The molecule has 2 aliphatic carbocycles. The molecule has 0 aromatic heterocycles. The standard InChI is InChI=1S/C16H31NO3/c1-16(2)7-5-12(6-8-16)20-14-11-13(17-3)15(14)19-10-9-18-4/h12-15,17H,5-11H2,1-4H3. The summed E-state index contributed by atoms with van der Waals surface area (Å²) in [6.45, 7) is 6.02. The number of nitrogens with one attached hydrogen (secondary N) is 1. The van der Waals surface area contributed by atoms with Crippen molar-refractivity contribution in [3.63, 3.8) is 0 Å². The predicted octanol–water partition coefficient (Wildman–Crippen LogP) is 2.36. The molecule has 2 aliphatic rings. The van der Waals surface area contributed by atoms with E-state index in [1.807, 2.05) is 7.05 Å². The second-order valence-electron chi connectivity index (χ2n) is 7.00. The minimum atomic E-state index is 0.185. The van der Waals surface area contributed by atoms with Gasteiger partial charge in [-0.15, -0.1) is 0 Å². The monoisotopic (exact) mass is 285 g/mol. The molecule has 2 rings (SSSR count). The molecule has 0 spiro atoms. The molecule has 20 heavy (non-hydrogen) atoms. The summed E-state index contributed by atoms with van der Waals surface area (Å²) in [6.07, 6.45) is 6.87. The fourth-order valence-corrected chi connectivity index (χ4v) is 3.24. The maximum absolute atomic E-state index is 6.29. The Morgan fingerprint density at radius 1 is 1.15 bits per heavy atom. The van der Waals surface area contributed by atoms with E-state index in [0.29, 0.717) is 30.8 Å². The van der Waals surface area contributed by atoms with Crippen LogP contribution in [-0.2, 0) is 14.2 Å². The zero-order valence-electron chi connectivity index (χ0n) is 13.5. The average molecular weight is 285 g/mol. The van der Waals surface area contributed by atoms with Gasteiger partial charge in [-0.05, 0) is 44.6 Å². The van der Waals surface area contributed by atoms with Crippen molar-refractivity contribution >= 4 is 0 Å². The van der Waals surface area contributed by atoms with Crippen molar-refractivity contribution in [1.29, 1.82) is 0 Å². The van der Waals surface area contributed by atoms with Crippen LogP contribution in [0.25, 0.3) is 0 Å². The second-order valence-corrected chi connectivity index (χ2v) is 7.00. The van der Waals surface area contributed by atoms with Gasteiger partial charge in [-0.1, -0.05) is 13.8 Å². The topological polar surface area (TPSA) is 39.7 Å². The van der Waals surface area contributed by atoms with E-state index >= 15 is 0 Å². The molecule has 0 aromatic carbocycles. The molecule has 0 heterocycles. The molecule has 118 valence electrons. The Morgan fingerprint density at radius 2 is 1.85 bits per heavy atom. The van der Waals surface area contributed by atoms with Gasteiger partial charge in [-0.3, -0.25) is 0 Å². The average Bonchev–Trinajstić information content (AvgIpc) is 2.40. The summed E-state index contributed by atoms with van der Waals surface area (Å²) in [5, 5.41) is 3.31. The number of likely N-dealkylation sites (N-methyl/N-ethyl adjacent to an activating group) is 1. The van der Waals surface area contributed by atoms with Gasteiger partial charge >= 0.3 is 0 Å². The molecule has 0 radical (unpaired) electrons. The number of rotatable bonds is 7. The molecular weight excluding hydrogens is 254 g/mol. The van der Waals surface area contributed by atoms with Gasteiger partial charge in [-0.2, -0.15) is 0 Å². The molecule has 3 atom stereocenters. The summed E-state index contributed by atoms with van der Waals surface area (Å²) >= 11 is 0. The zero-order chi connectivity index (χ0) is 14.6. The first-order valence-corrected chi connectivity index (χ1v) is 7.99. The second kappa shape index (κ2) is 7.21. The van der Waals surface area contributed by atoms with Gasteiger partial charge in [0.2, 0.25) is 0 Å². The zero-order valence-corrected chi connectivity index (χ0v) is 13.5. The summed E-state index contributed by atoms with van der Waals surface area (Å²) in [4.78, 5) is 0. The van der Waals surface area contributed by atoms with Gasteiger partial charge in [0, 0.05) is 13.2 Å². The van der Waals surface area contributed by atoms with Crippen LogP contribution < -0.4 is 5.32 Å². The van der Waals surface area contributed by atoms with E-state index in [-0.39, 0.29) is 12.2 Å². The van der Waals surface area contributed by atoms with Crippen molar-refractivity contribution in [3.8, 4) is 0 Å². The Bertz CT molecular complexity index is 285. The van der Waals surface area contributed by atoms with E-state index in [4.69, 9.17) is 14.2 Å². The minimum absolute atomic E-state index is 0.185. The fraction of sp³-hybridized carbons (Fsp3) is 1.00. The molecule has 0 bridgehead atoms. The van der Waals surface area contributed by atoms with Gasteiger partial charge in [-0.25, -0.2) is 0 Å². The van der Waals surface area contributed by atoms with Crippen LogP contribution >= 0.6 is 0 Å². The molecule has 3 unspecified atom stereocenters. The Labute approximate surface area is 123 Å². The van der Waals surface area contributed by atoms with Gasteiger partial charge in [0.15, 0.2) is 0 Å². The largest absolute Gasteiger partial charge is 0.382 e. The van der Waals surface area contributed by atoms with Crippen LogP contribution in [0.15, 0.2) is 0 Å². The van der Waals surface area contributed by atoms with E-state index in [0.717, 1.165) is 6.42 Å². The number of hydrogen-bond acceptors (Lipinski definition) is 4. The molecule has 4 heteroatoms. The molecule has 1 N–H and O–H groups in total. The third-order valence-corrected chi connectivity index (χ3v) is 4.87. The predicted molar refractivity (Wildman–Crippen MR) is 80.0 cm³/mol. The summed E-state index contributed by atoms with van der Waals surface area (Å²) in [5.74, 6) is 0. The molecule has 4 nitrogen and oxygen atoms in total. The Balaban J connectivity index is 1.74. The van der Waals surface area contributed by atoms with E-state index < -0.39 is 0 Å². The quantitative estimate of drug-likeness (QED) is 0.729. The Hall–Kier alpha value is -0.160. The lowest BCUT2D eigenvalue weighted by atomic mass is 9.76. The van der Waals surface area contributed by atoms with Crippen LogP contribution in [0.5, 0.6) is 0 Å². The molecule has 0 aliphatic heterocycles. The van der Waals surface area contributed by atoms with Gasteiger partial charge < -0.3 is 19.5 Å². The highest BCUT2D eigenvalue weighted by atomic mass is 16.6. The smallest absolute Gasteiger partial charge is 0.0991 e. The summed E-state index contributed by atoms with van der Waals surface area (Å²) in [5.41, 5.74) is 0.501. The number of ether oxygens (including phenoxy) is 3. The van der Waals surface area contributed by atoms with E-state index in [2.05, 4.69) is 19.2 Å². The molecule has 2 fully saturated rings. The molecule has 0 aromatic rings. The fourth-order valence-electron chi connectivity index (χ4n) is 3.24. The van der Waals surface area contributed by atoms with Crippen LogP contribution in [0.4, 0.5) is 0 Å². The van der Waals surface area contributed by atoms with Crippen molar-refractivity contribution in [3.05, 3.63) is 0 Å². The van der Waals surface area contributed by atoms with E-state index in [1.165, 1.54) is 25.7 Å². The van der Waals surface area contributed by atoms with Crippen LogP contribution in [0.2, 0.25) is 0 Å². The van der Waals surface area contributed by atoms with Crippen molar-refractivity contribution in [1.82, 2.24) is 5.32 Å². The van der Waals surface area contributed by atoms with E-state index in [1.54, 1.807) is 7.11 Å². The van der Waals surface area contributed by atoms with Crippen molar-refractivity contribution < 1.29 is 14.2 Å². The summed E-state index contributed by atoms with van der Waals surface area (Å²) in [6, 6.07) is 0.428. The normalized spacial score (nSPS) is 33.9. The maximum atomic E-state index is 6.29. The molecule has 0 amide bonds. The summed E-state index contributed by atoms with van der Waals surface area (Å²) < 4.78 is 17.2. The number of hydrogen-bond donors (Lipinski definition) is 1. The highest BCUT2D eigenvalue weighted by molar-refractivity contribution is 4.97. The van der Waals surface area contributed by atoms with Crippen LogP contribution in [-0.4, -0.2) is 51.7 Å². The lowest BCUT2D eigenvalue weighted by Gasteiger charge is -2.46. The van der Waals surface area contributed by atoms with Crippen LogP contribution in [0.1, 0.15) is 46.0 Å². The lowest BCUT2D eigenvalue weighted by Crippen LogP contribution is -2.60. The maximum Gasteiger partial charge on any atom is 0.0991 e. The highest BCUT2D eigenvalue weighted by Crippen LogP contribution is 2.38. The van der Waals surface area contributed by atoms with Gasteiger partial charge in [0.1, 0.15) is 0 Å². The van der Waals surface area contributed by atoms with Crippen molar-refractivity contribution in [2.24, 2.45) is 5.41 Å². The van der Waals surface area contributed by atoms with Gasteiger partial charge in [0.05, 0.1) is 31.5 Å². The first-order chi connectivity index (χ1) is 9.55. The molecular formula is C16H31NO3. The Kier molecular flexibility index (Phi) is 5.84. The summed E-state index contributed by atoms with van der Waals surface area (Å²) in [7, 11) is 3.70. The third kappa shape index (κ3) is 4.17. The number of methoxy groups -OCH3 is 1. The molecule has 0 saturated heterocycles. The van der Waals surface area contributed by atoms with Crippen molar-refractivity contribution in [2.75, 3.05) is 27.4 Å². The van der Waals surface area contributed by atoms with Crippen LogP contribution in [0, 0.1) is 5.41 Å². The van der Waals surface area contributed by atoms with Crippen LogP contribution in [0.3, 0.4) is 0 Å². The first kappa shape index (κ1) is 16.2. The van der Waals surface area contributed by atoms with E-state index in [9.17, 15) is 0 Å². The SMILES string of the molecule is CNC1CC(OC2CCC(C)(C)CC2)C1OCCOC.